The van der Waals surface area contributed by atoms with Crippen LogP contribution in [0.15, 0.2) is 12.4 Å². The van der Waals surface area contributed by atoms with Crippen molar-refractivity contribution in [1.82, 2.24) is 9.38 Å². The molecule has 0 amide bonds. The monoisotopic (exact) mass is 224 g/mol. The Bertz CT molecular complexity index is 498. The second-order valence-corrected chi connectivity index (χ2v) is 4.59. The molecule has 0 atom stereocenters. The zero-order valence-electron chi connectivity index (χ0n) is 8.85. The van der Waals surface area contributed by atoms with E-state index in [2.05, 4.69) is 23.6 Å². The molecule has 0 aliphatic rings. The van der Waals surface area contributed by atoms with Crippen molar-refractivity contribution in [2.24, 2.45) is 0 Å². The first-order valence-electron chi connectivity index (χ1n) is 4.68. The summed E-state index contributed by atoms with van der Waals surface area (Å²) < 4.78 is 6.61. The number of hydrogen-bond donors (Lipinski definition) is 0. The molecule has 0 saturated heterocycles. The molecule has 0 aliphatic heterocycles. The van der Waals surface area contributed by atoms with Gasteiger partial charge in [0.2, 0.25) is 0 Å². The molecule has 0 aliphatic carbocycles. The molecule has 0 bridgehead atoms. The van der Waals surface area contributed by atoms with Gasteiger partial charge in [-0.1, -0.05) is 25.2 Å². The van der Waals surface area contributed by atoms with E-state index in [-0.39, 0.29) is 5.97 Å². The van der Waals surface area contributed by atoms with Crippen LogP contribution in [0, 0.1) is 0 Å². The molecule has 15 heavy (non-hydrogen) atoms. The number of ether oxygens (including phenoxy) is 1. The van der Waals surface area contributed by atoms with Gasteiger partial charge in [-0.2, -0.15) is 0 Å². The predicted molar refractivity (Wildman–Crippen MR) is 58.5 cm³/mol. The standard InChI is InChI=1S/C10H12N2O2S/c1-6(2)7-4-11-10-12(7)5-8(15-10)9(13)14-3/h4-6H,1-3H3. The number of hydrogen-bond acceptors (Lipinski definition) is 4. The normalized spacial score (nSPS) is 11.2. The number of rotatable bonds is 2. The van der Waals surface area contributed by atoms with Crippen LogP contribution in [0.25, 0.3) is 4.96 Å². The van der Waals surface area contributed by atoms with Crippen LogP contribution in [0.5, 0.6) is 0 Å². The molecule has 0 aromatic carbocycles. The third-order valence-electron chi connectivity index (χ3n) is 2.22. The van der Waals surface area contributed by atoms with Crippen molar-refractivity contribution in [2.75, 3.05) is 7.11 Å². The van der Waals surface area contributed by atoms with Crippen molar-refractivity contribution in [2.45, 2.75) is 19.8 Å². The van der Waals surface area contributed by atoms with Crippen LogP contribution in [0.4, 0.5) is 0 Å². The van der Waals surface area contributed by atoms with E-state index in [1.807, 2.05) is 10.6 Å². The lowest BCUT2D eigenvalue weighted by molar-refractivity contribution is 0.0606. The fourth-order valence-electron chi connectivity index (χ4n) is 1.43. The third-order valence-corrected chi connectivity index (χ3v) is 3.19. The minimum absolute atomic E-state index is 0.305. The average Bonchev–Trinajstić information content (AvgIpc) is 2.73. The van der Waals surface area contributed by atoms with Crippen molar-refractivity contribution in [3.63, 3.8) is 0 Å². The summed E-state index contributed by atoms with van der Waals surface area (Å²) in [5, 5.41) is 0. The van der Waals surface area contributed by atoms with Gasteiger partial charge in [0.15, 0.2) is 4.96 Å². The minimum atomic E-state index is -0.305. The fraction of sp³-hybridized carbons (Fsp3) is 0.400. The molecule has 4 nitrogen and oxygen atoms in total. The van der Waals surface area contributed by atoms with E-state index in [9.17, 15) is 4.79 Å². The highest BCUT2D eigenvalue weighted by Crippen LogP contribution is 2.23. The molecule has 0 radical (unpaired) electrons. The molecule has 0 N–H and O–H groups in total. The Balaban J connectivity index is 2.52. The van der Waals surface area contributed by atoms with Gasteiger partial charge in [-0.05, 0) is 5.92 Å². The summed E-state index contributed by atoms with van der Waals surface area (Å²) in [6.45, 7) is 4.19. The molecule has 0 spiro atoms. The quantitative estimate of drug-likeness (QED) is 0.735. The van der Waals surface area contributed by atoms with E-state index in [1.165, 1.54) is 18.4 Å². The average molecular weight is 224 g/mol. The molecule has 2 rings (SSSR count). The van der Waals surface area contributed by atoms with Gasteiger partial charge in [0, 0.05) is 11.9 Å². The number of esters is 1. The van der Waals surface area contributed by atoms with Gasteiger partial charge in [0.1, 0.15) is 4.88 Å². The Labute approximate surface area is 91.5 Å². The number of carbonyl (C=O) groups excluding carboxylic acids is 1. The van der Waals surface area contributed by atoms with E-state index in [0.717, 1.165) is 10.7 Å². The summed E-state index contributed by atoms with van der Waals surface area (Å²) in [5.74, 6) is 0.0836. The smallest absolute Gasteiger partial charge is 0.349 e. The van der Waals surface area contributed by atoms with Gasteiger partial charge < -0.3 is 4.74 Å². The first-order chi connectivity index (χ1) is 7.13. The third kappa shape index (κ3) is 1.63. The van der Waals surface area contributed by atoms with Crippen LogP contribution < -0.4 is 0 Å². The Morgan fingerprint density at radius 2 is 2.33 bits per heavy atom. The SMILES string of the molecule is COC(=O)c1cn2c(C(C)C)cnc2s1. The van der Waals surface area contributed by atoms with Crippen molar-refractivity contribution < 1.29 is 9.53 Å². The topological polar surface area (TPSA) is 43.6 Å². The molecular weight excluding hydrogens is 212 g/mol. The molecule has 2 aromatic heterocycles. The number of nitrogens with zero attached hydrogens (tertiary/aromatic N) is 2. The van der Waals surface area contributed by atoms with E-state index in [1.54, 1.807) is 6.20 Å². The molecule has 2 aromatic rings. The molecule has 80 valence electrons. The Hall–Kier alpha value is -1.36. The highest BCUT2D eigenvalue weighted by atomic mass is 32.1. The van der Waals surface area contributed by atoms with Gasteiger partial charge in [0.25, 0.3) is 0 Å². The summed E-state index contributed by atoms with van der Waals surface area (Å²) in [5.41, 5.74) is 1.11. The van der Waals surface area contributed by atoms with Crippen LogP contribution in [-0.4, -0.2) is 22.5 Å². The lowest BCUT2D eigenvalue weighted by Crippen LogP contribution is -1.98. The molecule has 5 heteroatoms. The molecule has 0 saturated carbocycles. The van der Waals surface area contributed by atoms with Crippen LogP contribution in [0.1, 0.15) is 35.1 Å². The lowest BCUT2D eigenvalue weighted by Gasteiger charge is -2.00. The van der Waals surface area contributed by atoms with Gasteiger partial charge in [-0.25, -0.2) is 9.78 Å². The largest absolute Gasteiger partial charge is 0.465 e. The maximum atomic E-state index is 11.3. The second-order valence-electron chi connectivity index (χ2n) is 3.58. The highest BCUT2D eigenvalue weighted by molar-refractivity contribution is 7.18. The zero-order valence-corrected chi connectivity index (χ0v) is 9.67. The second kappa shape index (κ2) is 3.66. The van der Waals surface area contributed by atoms with Crippen molar-refractivity contribution in [1.29, 1.82) is 0 Å². The molecular formula is C10H12N2O2S. The van der Waals surface area contributed by atoms with Crippen molar-refractivity contribution >= 4 is 22.3 Å². The maximum absolute atomic E-state index is 11.3. The van der Waals surface area contributed by atoms with E-state index in [4.69, 9.17) is 0 Å². The highest BCUT2D eigenvalue weighted by Gasteiger charge is 2.14. The first kappa shape index (κ1) is 10.2. The minimum Gasteiger partial charge on any atom is -0.465 e. The van der Waals surface area contributed by atoms with Crippen LogP contribution in [0.3, 0.4) is 0 Å². The van der Waals surface area contributed by atoms with Gasteiger partial charge in [0.05, 0.1) is 13.3 Å². The van der Waals surface area contributed by atoms with Crippen LogP contribution in [0.2, 0.25) is 0 Å². The summed E-state index contributed by atoms with van der Waals surface area (Å²) in [7, 11) is 1.38. The number of carbonyl (C=O) groups is 1. The molecule has 0 unspecified atom stereocenters. The summed E-state index contributed by atoms with van der Waals surface area (Å²) in [6.07, 6.45) is 3.63. The van der Waals surface area contributed by atoms with Crippen LogP contribution >= 0.6 is 11.3 Å². The fourth-order valence-corrected chi connectivity index (χ4v) is 2.31. The Morgan fingerprint density at radius 1 is 1.60 bits per heavy atom. The van der Waals surface area contributed by atoms with Crippen molar-refractivity contribution in [3.05, 3.63) is 23.0 Å². The summed E-state index contributed by atoms with van der Waals surface area (Å²) >= 11 is 1.35. The number of fused-ring (bicyclic) bond motifs is 1. The van der Waals surface area contributed by atoms with Gasteiger partial charge in [-0.3, -0.25) is 4.40 Å². The predicted octanol–water partition coefficient (Wildman–Crippen LogP) is 2.31. The van der Waals surface area contributed by atoms with Gasteiger partial charge >= 0.3 is 5.97 Å². The summed E-state index contributed by atoms with van der Waals surface area (Å²) in [4.78, 5) is 17.0. The van der Waals surface area contributed by atoms with Gasteiger partial charge in [-0.15, -0.1) is 0 Å². The zero-order chi connectivity index (χ0) is 11.0. The van der Waals surface area contributed by atoms with Crippen molar-refractivity contribution in [3.8, 4) is 0 Å². The maximum Gasteiger partial charge on any atom is 0.349 e. The Morgan fingerprint density at radius 3 is 2.93 bits per heavy atom. The number of thiazole rings is 1. The van der Waals surface area contributed by atoms with E-state index < -0.39 is 0 Å². The summed E-state index contributed by atoms with van der Waals surface area (Å²) in [6, 6.07) is 0. The molecule has 2 heterocycles. The number of imidazole rings is 1. The molecule has 0 fully saturated rings. The van der Waals surface area contributed by atoms with E-state index >= 15 is 0 Å². The number of aromatic nitrogens is 2. The Kier molecular flexibility index (Phi) is 2.48. The first-order valence-corrected chi connectivity index (χ1v) is 5.50. The van der Waals surface area contributed by atoms with Crippen LogP contribution in [-0.2, 0) is 4.74 Å². The van der Waals surface area contributed by atoms with E-state index in [0.29, 0.717) is 10.8 Å². The lowest BCUT2D eigenvalue weighted by atomic mass is 10.1. The number of methoxy groups -OCH3 is 1.